The van der Waals surface area contributed by atoms with E-state index in [0.717, 1.165) is 25.9 Å². The first-order valence-corrected chi connectivity index (χ1v) is 19.2. The van der Waals surface area contributed by atoms with Crippen molar-refractivity contribution in [3.63, 3.8) is 0 Å². The van der Waals surface area contributed by atoms with Crippen LogP contribution in [0.1, 0.15) is 30.1 Å². The van der Waals surface area contributed by atoms with Crippen molar-refractivity contribution in [1.29, 1.82) is 0 Å². The molecule has 11 nitrogen and oxygen atoms in total. The molecule has 274 valence electrons. The minimum absolute atomic E-state index is 0.0677. The maximum absolute atomic E-state index is 13.7. The third-order valence-electron chi connectivity index (χ3n) is 8.87. The number of halogens is 4. The van der Waals surface area contributed by atoms with Gasteiger partial charge in [-0.1, -0.05) is 35.3 Å². The number of sulfonamides is 1. The molecular formula is C35H39Cl2F2N4O7S+. The summed E-state index contributed by atoms with van der Waals surface area (Å²) >= 11 is 13.0. The lowest BCUT2D eigenvalue weighted by Crippen LogP contribution is -2.43. The van der Waals surface area contributed by atoms with Crippen molar-refractivity contribution in [2.75, 3.05) is 56.6 Å². The molecule has 0 amide bonds. The summed E-state index contributed by atoms with van der Waals surface area (Å²) in [5, 5.41) is 1.29. The quantitative estimate of drug-likeness (QED) is 0.132. The second-order valence-corrected chi connectivity index (χ2v) is 15.3. The van der Waals surface area contributed by atoms with Crippen LogP contribution in [-0.4, -0.2) is 82.7 Å². The van der Waals surface area contributed by atoms with Gasteiger partial charge in [0.05, 0.1) is 37.3 Å². The van der Waals surface area contributed by atoms with Gasteiger partial charge in [0.1, 0.15) is 22.7 Å². The Bertz CT molecular complexity index is 1940. The van der Waals surface area contributed by atoms with Crippen LogP contribution >= 0.6 is 23.2 Å². The Morgan fingerprint density at radius 2 is 1.82 bits per heavy atom. The van der Waals surface area contributed by atoms with E-state index in [0.29, 0.717) is 70.0 Å². The van der Waals surface area contributed by atoms with E-state index in [-0.39, 0.29) is 31.0 Å². The lowest BCUT2D eigenvalue weighted by atomic mass is 10.0. The van der Waals surface area contributed by atoms with Gasteiger partial charge < -0.3 is 23.5 Å². The molecule has 3 heterocycles. The second kappa shape index (κ2) is 16.3. The normalized spacial score (nSPS) is 16.0. The van der Waals surface area contributed by atoms with Gasteiger partial charge in [-0.15, -0.1) is 0 Å². The van der Waals surface area contributed by atoms with Gasteiger partial charge in [-0.3, -0.25) is 14.0 Å². The molecule has 0 radical (unpaired) electrons. The van der Waals surface area contributed by atoms with Crippen molar-refractivity contribution < 1.29 is 45.9 Å². The molecule has 2 aromatic carbocycles. The predicted molar refractivity (Wildman–Crippen MR) is 188 cm³/mol. The molecule has 2 fully saturated rings. The van der Waals surface area contributed by atoms with Gasteiger partial charge in [-0.25, -0.2) is 13.4 Å². The summed E-state index contributed by atoms with van der Waals surface area (Å²) in [5.74, 6) is -0.302. The van der Waals surface area contributed by atoms with E-state index in [1.54, 1.807) is 47.4 Å². The number of nitrogens with zero attached hydrogens (tertiary/aromatic N) is 3. The summed E-state index contributed by atoms with van der Waals surface area (Å²) < 4.78 is 77.6. The zero-order valence-electron chi connectivity index (χ0n) is 27.9. The van der Waals surface area contributed by atoms with Crippen molar-refractivity contribution in [2.45, 2.75) is 38.5 Å². The molecule has 6 rings (SSSR count). The number of aromatic amines is 1. The topological polar surface area (TPSA) is 114 Å². The number of rotatable bonds is 16. The van der Waals surface area contributed by atoms with Crippen molar-refractivity contribution >= 4 is 55.8 Å². The lowest BCUT2D eigenvalue weighted by Gasteiger charge is -2.30. The van der Waals surface area contributed by atoms with Crippen molar-refractivity contribution in [1.82, 2.24) is 9.47 Å². The van der Waals surface area contributed by atoms with Crippen LogP contribution in [0.15, 0.2) is 61.1 Å². The van der Waals surface area contributed by atoms with E-state index < -0.39 is 28.7 Å². The summed E-state index contributed by atoms with van der Waals surface area (Å²) in [5.41, 5.74) is 2.11. The highest BCUT2D eigenvalue weighted by Crippen LogP contribution is 2.38. The van der Waals surface area contributed by atoms with E-state index in [2.05, 4.69) is 9.88 Å². The van der Waals surface area contributed by atoms with E-state index in [9.17, 15) is 22.0 Å². The Morgan fingerprint density at radius 1 is 1.08 bits per heavy atom. The third-order valence-corrected chi connectivity index (χ3v) is 10.7. The average Bonchev–Trinajstić information content (AvgIpc) is 3.84. The average molecular weight is 769 g/mol. The van der Waals surface area contributed by atoms with Gasteiger partial charge in [0.25, 0.3) is 0 Å². The molecule has 0 bridgehead atoms. The fourth-order valence-electron chi connectivity index (χ4n) is 6.03. The number of morpholine rings is 1. The minimum atomic E-state index is -3.64. The van der Waals surface area contributed by atoms with Crippen LogP contribution in [0.3, 0.4) is 0 Å². The van der Waals surface area contributed by atoms with Gasteiger partial charge in [0.15, 0.2) is 23.9 Å². The van der Waals surface area contributed by atoms with Crippen molar-refractivity contribution in [3.8, 4) is 11.5 Å². The van der Waals surface area contributed by atoms with Crippen molar-refractivity contribution in [2.24, 2.45) is 5.92 Å². The van der Waals surface area contributed by atoms with Gasteiger partial charge >= 0.3 is 12.6 Å². The number of ether oxygens (including phenoxy) is 4. The zero-order valence-corrected chi connectivity index (χ0v) is 30.2. The molecule has 51 heavy (non-hydrogen) atoms. The Kier molecular flexibility index (Phi) is 11.9. The summed E-state index contributed by atoms with van der Waals surface area (Å²) in [4.78, 5) is 18.7. The Hall–Kier alpha value is -3.69. The molecule has 4 aromatic rings. The lowest BCUT2D eigenvalue weighted by molar-refractivity contribution is -0.377. The summed E-state index contributed by atoms with van der Waals surface area (Å²) in [6.45, 7) is 0.523. The Labute approximate surface area is 305 Å². The number of pyridine rings is 1. The molecule has 16 heteroatoms. The van der Waals surface area contributed by atoms with Crippen LogP contribution in [-0.2, 0) is 37.3 Å². The third kappa shape index (κ3) is 9.60. The first-order chi connectivity index (χ1) is 24.5. The molecule has 0 unspecified atom stereocenters. The van der Waals surface area contributed by atoms with Crippen molar-refractivity contribution in [3.05, 3.63) is 82.2 Å². The largest absolute Gasteiger partial charge is 0.489 e. The number of carbonyl (C=O) groups excluding carboxylic acids is 1. The Morgan fingerprint density at radius 3 is 2.51 bits per heavy atom. The van der Waals surface area contributed by atoms with E-state index >= 15 is 0 Å². The zero-order chi connectivity index (χ0) is 36.1. The number of H-pyrrole nitrogens is 1. The van der Waals surface area contributed by atoms with Crippen LogP contribution < -0.4 is 18.8 Å². The van der Waals surface area contributed by atoms with E-state index in [1.165, 1.54) is 28.8 Å². The number of nitrogens with one attached hydrogen (secondary N) is 1. The minimum Gasteiger partial charge on any atom is -0.489 e. The van der Waals surface area contributed by atoms with Gasteiger partial charge in [-0.2, -0.15) is 8.78 Å². The number of alkyl halides is 2. The molecule has 0 spiro atoms. The molecular weight excluding hydrogens is 729 g/mol. The van der Waals surface area contributed by atoms with Gasteiger partial charge in [0, 0.05) is 49.7 Å². The molecule has 2 aromatic heterocycles. The molecule has 1 N–H and O–H groups in total. The highest BCUT2D eigenvalue weighted by atomic mass is 35.5. The monoisotopic (exact) mass is 767 g/mol. The fraction of sp³-hybridized carbons (Fsp3) is 0.429. The number of hydrogen-bond donors (Lipinski definition) is 0. The predicted octanol–water partition coefficient (Wildman–Crippen LogP) is 5.78. The number of benzene rings is 2. The first kappa shape index (κ1) is 37.1. The summed E-state index contributed by atoms with van der Waals surface area (Å²) in [6.07, 6.45) is 7.08. The number of hydrogen-bond acceptors (Lipinski definition) is 8. The van der Waals surface area contributed by atoms with Crippen LogP contribution in [0.4, 0.5) is 14.5 Å². The standard InChI is InChI=1S/C35H38Cl2F2N4O7S/c1-51(45,46)43(12-11-41-13-15-47-16-14-41)30-4-2-3-29-25(30)9-10-42(29)21-34(44)49-32(18-26-27(36)19-40-20-28(26)37)24-7-8-31(50-35(38)39)33(17-24)48-22-23-5-6-23/h2-4,7-10,17,19-20,23,32,35H,5-6,11-16,18,21-22H2,1H3/p+1/t32-/m0/s1. The van der Waals surface area contributed by atoms with Gasteiger partial charge in [-0.05, 0) is 54.7 Å². The summed E-state index contributed by atoms with van der Waals surface area (Å²) in [7, 11) is -3.64. The number of fused-ring (bicyclic) bond motifs is 1. The maximum atomic E-state index is 13.7. The number of carbonyl (C=O) groups is 1. The van der Waals surface area contributed by atoms with Gasteiger partial charge in [0.2, 0.25) is 10.0 Å². The van der Waals surface area contributed by atoms with E-state index in [1.807, 2.05) is 0 Å². The van der Waals surface area contributed by atoms with Crippen LogP contribution in [0, 0.1) is 5.92 Å². The molecule has 1 atom stereocenters. The first-order valence-electron chi connectivity index (χ1n) is 16.6. The number of anilines is 1. The van der Waals surface area contributed by atoms with Crippen LogP contribution in [0.25, 0.3) is 10.9 Å². The highest BCUT2D eigenvalue weighted by molar-refractivity contribution is 7.92. The smallest absolute Gasteiger partial charge is 0.387 e. The number of esters is 1. The van der Waals surface area contributed by atoms with E-state index in [4.69, 9.17) is 42.1 Å². The molecule has 1 saturated carbocycles. The summed E-state index contributed by atoms with van der Waals surface area (Å²) in [6, 6.07) is 11.5. The molecule has 1 saturated heterocycles. The molecule has 1 aliphatic carbocycles. The SMILES string of the molecule is CS(=O)(=O)N(CCN1CCOCC1)c1cccc2c1ccn2CC(=O)O[C@@H](Cc1c(Cl)c[nH+]cc1Cl)c1ccc(OC(F)F)c(OCC2CC2)c1. The van der Waals surface area contributed by atoms with Crippen LogP contribution in [0.5, 0.6) is 11.5 Å². The highest BCUT2D eigenvalue weighted by Gasteiger charge is 2.27. The number of aromatic nitrogens is 2. The molecule has 1 aliphatic heterocycles. The fourth-order valence-corrected chi connectivity index (χ4v) is 7.49. The Balaban J connectivity index is 1.26. The van der Waals surface area contributed by atoms with Crippen LogP contribution in [0.2, 0.25) is 10.0 Å². The molecule has 2 aliphatic rings. The maximum Gasteiger partial charge on any atom is 0.387 e. The second-order valence-electron chi connectivity index (χ2n) is 12.6.